The van der Waals surface area contributed by atoms with E-state index in [9.17, 15) is 14.0 Å². The molecule has 10 heteroatoms. The first-order valence-corrected chi connectivity index (χ1v) is 12.9. The molecule has 2 heterocycles. The van der Waals surface area contributed by atoms with Crippen LogP contribution < -0.4 is 10.6 Å². The molecule has 1 fully saturated rings. The first kappa shape index (κ1) is 26.6. The molecule has 2 aliphatic heterocycles. The van der Waals surface area contributed by atoms with Crippen molar-refractivity contribution in [1.82, 2.24) is 15.5 Å². The molecule has 0 bridgehead atoms. The van der Waals surface area contributed by atoms with Gasteiger partial charge in [-0.1, -0.05) is 23.8 Å². The van der Waals surface area contributed by atoms with E-state index in [1.165, 1.54) is 11.0 Å². The Morgan fingerprint density at radius 1 is 1.31 bits per heavy atom. The minimum absolute atomic E-state index is 0.00986. The SMILES string of the molecule is CC(C)OC1C=CC(NC2=NCC(C(=O)NC3CCOCC3)C(=O)N2CC2=CC=C(Cl)CC2)=CC1F. The fourth-order valence-corrected chi connectivity index (χ4v) is 4.65. The van der Waals surface area contributed by atoms with Crippen LogP contribution in [0.25, 0.3) is 0 Å². The van der Waals surface area contributed by atoms with Crippen LogP contribution in [0.2, 0.25) is 0 Å². The van der Waals surface area contributed by atoms with Gasteiger partial charge in [-0.15, -0.1) is 0 Å². The molecule has 0 spiro atoms. The van der Waals surface area contributed by atoms with Crippen LogP contribution in [0.4, 0.5) is 4.39 Å². The van der Waals surface area contributed by atoms with Gasteiger partial charge in [-0.2, -0.15) is 0 Å². The summed E-state index contributed by atoms with van der Waals surface area (Å²) in [6.45, 7) is 5.18. The summed E-state index contributed by atoms with van der Waals surface area (Å²) in [4.78, 5) is 32.6. The molecular weight excluding hydrogens is 487 g/mol. The van der Waals surface area contributed by atoms with Gasteiger partial charge in [0.15, 0.2) is 6.17 Å². The maximum absolute atomic E-state index is 14.7. The topological polar surface area (TPSA) is 92.3 Å². The van der Waals surface area contributed by atoms with Gasteiger partial charge in [-0.25, -0.2) is 4.39 Å². The summed E-state index contributed by atoms with van der Waals surface area (Å²) in [7, 11) is 0. The van der Waals surface area contributed by atoms with E-state index in [1.54, 1.807) is 12.2 Å². The van der Waals surface area contributed by atoms with E-state index in [2.05, 4.69) is 15.6 Å². The van der Waals surface area contributed by atoms with Crippen molar-refractivity contribution >= 4 is 29.4 Å². The lowest BCUT2D eigenvalue weighted by atomic mass is 10.0. The third-order valence-corrected chi connectivity index (χ3v) is 6.79. The molecule has 0 aromatic carbocycles. The van der Waals surface area contributed by atoms with Gasteiger partial charge in [0.1, 0.15) is 12.0 Å². The molecule has 2 amide bonds. The van der Waals surface area contributed by atoms with Crippen molar-refractivity contribution in [3.63, 3.8) is 0 Å². The molecule has 196 valence electrons. The second-order valence-electron chi connectivity index (χ2n) is 9.67. The van der Waals surface area contributed by atoms with Crippen molar-refractivity contribution in [2.75, 3.05) is 26.3 Å². The van der Waals surface area contributed by atoms with Crippen LogP contribution in [0.15, 0.2) is 51.7 Å². The summed E-state index contributed by atoms with van der Waals surface area (Å²) in [5, 5.41) is 6.84. The lowest BCUT2D eigenvalue weighted by Crippen LogP contribution is -2.56. The van der Waals surface area contributed by atoms with E-state index in [0.29, 0.717) is 37.7 Å². The normalized spacial score (nSPS) is 27.3. The van der Waals surface area contributed by atoms with Crippen molar-refractivity contribution < 1.29 is 23.5 Å². The molecule has 2 aliphatic carbocycles. The van der Waals surface area contributed by atoms with Crippen molar-refractivity contribution in [3.8, 4) is 0 Å². The van der Waals surface area contributed by atoms with Gasteiger partial charge in [0.25, 0.3) is 0 Å². The number of aliphatic imine (C=N–C) groups is 1. The highest BCUT2D eigenvalue weighted by Crippen LogP contribution is 2.24. The monoisotopic (exact) mass is 520 g/mol. The average molecular weight is 521 g/mol. The number of nitrogens with zero attached hydrogens (tertiary/aromatic N) is 2. The Bertz CT molecular complexity index is 1000. The van der Waals surface area contributed by atoms with E-state index in [4.69, 9.17) is 21.1 Å². The maximum atomic E-state index is 14.7. The molecule has 2 N–H and O–H groups in total. The molecule has 4 aliphatic rings. The number of amides is 2. The zero-order valence-corrected chi connectivity index (χ0v) is 21.5. The number of hydrogen-bond acceptors (Lipinski definition) is 6. The first-order valence-electron chi connectivity index (χ1n) is 12.5. The van der Waals surface area contributed by atoms with E-state index >= 15 is 0 Å². The van der Waals surface area contributed by atoms with E-state index < -0.39 is 18.2 Å². The third-order valence-electron chi connectivity index (χ3n) is 6.48. The average Bonchev–Trinajstić information content (AvgIpc) is 2.84. The quantitative estimate of drug-likeness (QED) is 0.503. The van der Waals surface area contributed by atoms with Gasteiger partial charge in [0.2, 0.25) is 17.8 Å². The molecule has 4 rings (SSSR count). The molecular formula is C26H34ClFN4O4. The second kappa shape index (κ2) is 12.2. The highest BCUT2D eigenvalue weighted by Gasteiger charge is 2.38. The molecule has 8 nitrogen and oxygen atoms in total. The number of carbonyl (C=O) groups excluding carboxylic acids is 2. The lowest BCUT2D eigenvalue weighted by molar-refractivity contribution is -0.140. The zero-order chi connectivity index (χ0) is 25.7. The number of hydrogen-bond donors (Lipinski definition) is 2. The molecule has 3 atom stereocenters. The molecule has 0 aromatic rings. The highest BCUT2D eigenvalue weighted by atomic mass is 35.5. The maximum Gasteiger partial charge on any atom is 0.244 e. The van der Waals surface area contributed by atoms with Gasteiger partial charge in [-0.3, -0.25) is 19.5 Å². The lowest BCUT2D eigenvalue weighted by Gasteiger charge is -2.34. The molecule has 1 saturated heterocycles. The Hall–Kier alpha value is -2.49. The van der Waals surface area contributed by atoms with Crippen LogP contribution in [-0.4, -0.2) is 73.4 Å². The van der Waals surface area contributed by atoms with Gasteiger partial charge in [0, 0.05) is 30.0 Å². The smallest absolute Gasteiger partial charge is 0.244 e. The van der Waals surface area contributed by atoms with Gasteiger partial charge in [-0.05, 0) is 63.3 Å². The predicted molar refractivity (Wildman–Crippen MR) is 136 cm³/mol. The van der Waals surface area contributed by atoms with Gasteiger partial charge in [0.05, 0.1) is 19.2 Å². The Morgan fingerprint density at radius 2 is 2.08 bits per heavy atom. The van der Waals surface area contributed by atoms with Crippen LogP contribution in [-0.2, 0) is 19.1 Å². The largest absolute Gasteiger partial charge is 0.381 e. The number of allylic oxidation sites excluding steroid dienone is 4. The summed E-state index contributed by atoms with van der Waals surface area (Å²) < 4.78 is 25.6. The summed E-state index contributed by atoms with van der Waals surface area (Å²) in [5.41, 5.74) is 1.47. The Balaban J connectivity index is 1.50. The Morgan fingerprint density at radius 3 is 2.75 bits per heavy atom. The van der Waals surface area contributed by atoms with Crippen LogP contribution >= 0.6 is 11.6 Å². The molecule has 36 heavy (non-hydrogen) atoms. The minimum atomic E-state index is -1.33. The number of guanidine groups is 1. The minimum Gasteiger partial charge on any atom is -0.381 e. The molecule has 3 unspecified atom stereocenters. The van der Waals surface area contributed by atoms with Crippen molar-refractivity contribution in [3.05, 3.63) is 46.7 Å². The first-order chi connectivity index (χ1) is 17.3. The number of carbonyl (C=O) groups is 2. The number of ether oxygens (including phenoxy) is 2. The van der Waals surface area contributed by atoms with E-state index in [0.717, 1.165) is 23.4 Å². The highest BCUT2D eigenvalue weighted by molar-refractivity contribution is 6.29. The molecule has 0 radical (unpaired) electrons. The summed E-state index contributed by atoms with van der Waals surface area (Å²) in [5.74, 6) is -1.29. The van der Waals surface area contributed by atoms with Crippen LogP contribution in [0.3, 0.4) is 0 Å². The standard InChI is InChI=1S/C26H34ClFN4O4/c1-16(2)36-23-8-7-20(13-22(23)28)31-26-29-14-21(24(33)30-19-9-11-35-12-10-19)25(34)32(26)15-17-3-5-18(27)6-4-17/h3,5,7-8,13,16,19,21-23H,4,6,9-12,14-15H2,1-2H3,(H,29,31)(H,30,33). The van der Waals surface area contributed by atoms with E-state index in [-0.39, 0.29) is 37.0 Å². The van der Waals surface area contributed by atoms with Crippen LogP contribution in [0.1, 0.15) is 39.5 Å². The Labute approximate surface area is 216 Å². The molecule has 0 saturated carbocycles. The number of halogens is 2. The number of rotatable bonds is 7. The Kier molecular flexibility index (Phi) is 8.98. The third kappa shape index (κ3) is 6.83. The van der Waals surface area contributed by atoms with Crippen molar-refractivity contribution in [1.29, 1.82) is 0 Å². The number of alkyl halides is 1. The summed E-state index contributed by atoms with van der Waals surface area (Å²) >= 11 is 6.10. The summed E-state index contributed by atoms with van der Waals surface area (Å²) in [6, 6.07) is -0.00986. The summed E-state index contributed by atoms with van der Waals surface area (Å²) in [6.07, 6.45) is 9.26. The van der Waals surface area contributed by atoms with Crippen LogP contribution in [0, 0.1) is 5.92 Å². The molecule has 0 aromatic heterocycles. The van der Waals surface area contributed by atoms with Gasteiger partial charge < -0.3 is 20.1 Å². The van der Waals surface area contributed by atoms with Crippen molar-refractivity contribution in [2.45, 2.75) is 64.0 Å². The fourth-order valence-electron chi connectivity index (χ4n) is 4.50. The van der Waals surface area contributed by atoms with E-state index in [1.807, 2.05) is 26.0 Å². The van der Waals surface area contributed by atoms with Crippen molar-refractivity contribution in [2.24, 2.45) is 10.9 Å². The second-order valence-corrected chi connectivity index (χ2v) is 10.2. The van der Waals surface area contributed by atoms with Gasteiger partial charge >= 0.3 is 0 Å². The van der Waals surface area contributed by atoms with Crippen LogP contribution in [0.5, 0.6) is 0 Å². The predicted octanol–water partition coefficient (Wildman–Crippen LogP) is 3.11. The fraction of sp³-hybridized carbons (Fsp3) is 0.577. The zero-order valence-electron chi connectivity index (χ0n) is 20.7. The number of nitrogens with one attached hydrogen (secondary N) is 2.